The van der Waals surface area contributed by atoms with Crippen molar-refractivity contribution >= 4 is 34.9 Å². The first kappa shape index (κ1) is 24.8. The van der Waals surface area contributed by atoms with Gasteiger partial charge in [0.1, 0.15) is 10.9 Å². The number of nitrogens with one attached hydrogen (secondary N) is 1. The van der Waals surface area contributed by atoms with E-state index in [1.165, 1.54) is 23.1 Å². The Morgan fingerprint density at radius 3 is 2.44 bits per heavy atom. The van der Waals surface area contributed by atoms with E-state index in [2.05, 4.69) is 44.1 Å². The Balaban J connectivity index is 1.87. The van der Waals surface area contributed by atoms with E-state index >= 15 is 0 Å². The van der Waals surface area contributed by atoms with Crippen molar-refractivity contribution < 1.29 is 9.59 Å². The van der Waals surface area contributed by atoms with Gasteiger partial charge in [0.05, 0.1) is 22.4 Å². The summed E-state index contributed by atoms with van der Waals surface area (Å²) in [7, 11) is 0. The summed E-state index contributed by atoms with van der Waals surface area (Å²) in [6.45, 7) is 11.8. The summed E-state index contributed by atoms with van der Waals surface area (Å²) in [6, 6.07) is 2.43. The van der Waals surface area contributed by atoms with Crippen LogP contribution in [0, 0.1) is 35.5 Å². The number of aromatic nitrogens is 1. The summed E-state index contributed by atoms with van der Waals surface area (Å²) in [5, 5.41) is 16.5. The van der Waals surface area contributed by atoms with Gasteiger partial charge in [0, 0.05) is 29.6 Å². The maximum atomic E-state index is 13.3. The van der Waals surface area contributed by atoms with Crippen molar-refractivity contribution in [3.8, 4) is 6.07 Å². The Hall–Kier alpha value is -1.85. The topological polar surface area (TPSA) is 86.1 Å². The molecule has 32 heavy (non-hydrogen) atoms. The van der Waals surface area contributed by atoms with Gasteiger partial charge in [-0.25, -0.2) is 4.98 Å². The molecule has 1 spiro atoms. The Bertz CT molecular complexity index is 913. The van der Waals surface area contributed by atoms with Crippen molar-refractivity contribution in [1.82, 2.24) is 15.2 Å². The van der Waals surface area contributed by atoms with Crippen molar-refractivity contribution in [3.05, 3.63) is 26.7 Å². The van der Waals surface area contributed by atoms with Crippen LogP contribution in [0.4, 0.5) is 0 Å². The molecule has 1 N–H and O–H groups in total. The summed E-state index contributed by atoms with van der Waals surface area (Å²) in [6.07, 6.45) is 3.59. The zero-order valence-electron chi connectivity index (χ0n) is 19.7. The zero-order chi connectivity index (χ0) is 23.5. The third-order valence-electron chi connectivity index (χ3n) is 6.13. The van der Waals surface area contributed by atoms with E-state index in [9.17, 15) is 14.9 Å². The van der Waals surface area contributed by atoms with Gasteiger partial charge in [-0.15, -0.1) is 11.3 Å². The van der Waals surface area contributed by atoms with Crippen molar-refractivity contribution in [2.75, 3.05) is 18.8 Å². The van der Waals surface area contributed by atoms with Crippen LogP contribution in [-0.2, 0) is 9.59 Å². The fourth-order valence-electron chi connectivity index (χ4n) is 4.92. The molecule has 2 amide bonds. The van der Waals surface area contributed by atoms with Gasteiger partial charge in [-0.3, -0.25) is 9.59 Å². The van der Waals surface area contributed by atoms with Gasteiger partial charge >= 0.3 is 0 Å². The molecule has 0 bridgehead atoms. The van der Waals surface area contributed by atoms with Crippen LogP contribution in [0.1, 0.15) is 70.0 Å². The Kier molecular flexibility index (Phi) is 8.05. The molecule has 0 radical (unpaired) electrons. The highest BCUT2D eigenvalue weighted by molar-refractivity contribution is 8.03. The van der Waals surface area contributed by atoms with Crippen LogP contribution in [0.2, 0.25) is 0 Å². The normalized spacial score (nSPS) is 20.2. The number of thiazole rings is 1. The van der Waals surface area contributed by atoms with Crippen LogP contribution in [0.3, 0.4) is 0 Å². The Labute approximate surface area is 199 Å². The third kappa shape index (κ3) is 5.20. The molecule has 174 valence electrons. The zero-order valence-corrected chi connectivity index (χ0v) is 21.4. The highest BCUT2D eigenvalue weighted by atomic mass is 32.2. The second-order valence-corrected chi connectivity index (χ2v) is 11.7. The van der Waals surface area contributed by atoms with Crippen LogP contribution in [0.15, 0.2) is 16.0 Å². The number of aryl methyl sites for hydroxylation is 1. The van der Waals surface area contributed by atoms with Gasteiger partial charge in [0.15, 0.2) is 0 Å². The summed E-state index contributed by atoms with van der Waals surface area (Å²) in [5.41, 5.74) is 1.02. The number of carbonyl (C=O) groups is 2. The van der Waals surface area contributed by atoms with E-state index in [0.717, 1.165) is 36.4 Å². The molecule has 1 unspecified atom stereocenters. The third-order valence-corrected chi connectivity index (χ3v) is 8.15. The minimum atomic E-state index is -0.512. The number of thioether (sulfide) groups is 1. The molecule has 2 aliphatic rings. The van der Waals surface area contributed by atoms with Crippen LogP contribution >= 0.6 is 23.1 Å². The SMILES string of the molecule is Cc1csc(C2C(=O)NC(SCC(=O)N(CC(C)C)CC(C)C)=C(C#N)C23CCCC3)n1. The molecule has 6 nitrogen and oxygen atoms in total. The van der Waals surface area contributed by atoms with E-state index in [1.807, 2.05) is 17.2 Å². The lowest BCUT2D eigenvalue weighted by molar-refractivity contribution is -0.129. The molecule has 1 atom stereocenters. The van der Waals surface area contributed by atoms with Crippen molar-refractivity contribution in [2.24, 2.45) is 17.3 Å². The van der Waals surface area contributed by atoms with E-state index in [-0.39, 0.29) is 17.6 Å². The molecule has 1 saturated carbocycles. The summed E-state index contributed by atoms with van der Waals surface area (Å²) in [5.74, 6) is 0.505. The van der Waals surface area contributed by atoms with Crippen molar-refractivity contribution in [3.63, 3.8) is 0 Å². The number of amides is 2. The predicted molar refractivity (Wildman–Crippen MR) is 130 cm³/mol. The minimum Gasteiger partial charge on any atom is -0.341 e. The second-order valence-electron chi connectivity index (χ2n) is 9.80. The average Bonchev–Trinajstić information content (AvgIpc) is 3.35. The maximum absolute atomic E-state index is 13.3. The fraction of sp³-hybridized carbons (Fsp3) is 0.667. The number of nitrogens with zero attached hydrogens (tertiary/aromatic N) is 3. The largest absolute Gasteiger partial charge is 0.341 e. The smallest absolute Gasteiger partial charge is 0.235 e. The first-order chi connectivity index (χ1) is 15.2. The molecule has 0 saturated heterocycles. The van der Waals surface area contributed by atoms with Crippen LogP contribution in [-0.4, -0.2) is 40.5 Å². The number of nitriles is 1. The van der Waals surface area contributed by atoms with Crippen molar-refractivity contribution in [1.29, 1.82) is 5.26 Å². The van der Waals surface area contributed by atoms with E-state index < -0.39 is 11.3 Å². The molecule has 3 rings (SSSR count). The Morgan fingerprint density at radius 1 is 1.31 bits per heavy atom. The van der Waals surface area contributed by atoms with E-state index in [4.69, 9.17) is 0 Å². The molecule has 1 fully saturated rings. The van der Waals surface area contributed by atoms with E-state index in [1.54, 1.807) is 0 Å². The summed E-state index contributed by atoms with van der Waals surface area (Å²) >= 11 is 2.80. The van der Waals surface area contributed by atoms with Gasteiger partial charge in [-0.2, -0.15) is 5.26 Å². The second kappa shape index (κ2) is 10.4. The highest BCUT2D eigenvalue weighted by Gasteiger charge is 2.53. The number of hydrogen-bond acceptors (Lipinski definition) is 6. The molecule has 1 aliphatic carbocycles. The number of allylic oxidation sites excluding steroid dienone is 1. The first-order valence-electron chi connectivity index (χ1n) is 11.5. The first-order valence-corrected chi connectivity index (χ1v) is 13.3. The number of rotatable bonds is 8. The van der Waals surface area contributed by atoms with Crippen LogP contribution in [0.5, 0.6) is 0 Å². The number of hydrogen-bond donors (Lipinski definition) is 1. The molecule has 1 aliphatic heterocycles. The molecule has 2 heterocycles. The Morgan fingerprint density at radius 2 is 1.94 bits per heavy atom. The number of carbonyl (C=O) groups excluding carboxylic acids is 2. The average molecular weight is 475 g/mol. The summed E-state index contributed by atoms with van der Waals surface area (Å²) in [4.78, 5) is 32.8. The van der Waals surface area contributed by atoms with Gasteiger partial charge in [-0.1, -0.05) is 52.3 Å². The lowest BCUT2D eigenvalue weighted by atomic mass is 9.67. The monoisotopic (exact) mass is 474 g/mol. The van der Waals surface area contributed by atoms with Crippen LogP contribution < -0.4 is 5.32 Å². The minimum absolute atomic E-state index is 0.0505. The molecule has 1 aromatic rings. The standard InChI is InChI=1S/C24H34N4O2S2/c1-15(2)11-28(12-16(3)4)19(29)14-32-22-18(10-25)24(8-6-7-9-24)20(21(30)27-22)23-26-17(5)13-31-23/h13,15-16,20H,6-9,11-12,14H2,1-5H3,(H,27,30). The summed E-state index contributed by atoms with van der Waals surface area (Å²) < 4.78 is 0. The molecule has 1 aromatic heterocycles. The molecular weight excluding hydrogens is 440 g/mol. The molecular formula is C24H34N4O2S2. The van der Waals surface area contributed by atoms with Gasteiger partial charge in [0.25, 0.3) is 0 Å². The highest BCUT2D eigenvalue weighted by Crippen LogP contribution is 2.57. The fourth-order valence-corrected chi connectivity index (χ4v) is 6.95. The van der Waals surface area contributed by atoms with E-state index in [0.29, 0.717) is 35.5 Å². The maximum Gasteiger partial charge on any atom is 0.235 e. The predicted octanol–water partition coefficient (Wildman–Crippen LogP) is 4.83. The molecule has 8 heteroatoms. The lowest BCUT2D eigenvalue weighted by Crippen LogP contribution is -2.45. The lowest BCUT2D eigenvalue weighted by Gasteiger charge is -2.40. The van der Waals surface area contributed by atoms with Gasteiger partial charge in [-0.05, 0) is 31.6 Å². The van der Waals surface area contributed by atoms with Gasteiger partial charge in [0.2, 0.25) is 11.8 Å². The quantitative estimate of drug-likeness (QED) is 0.583. The van der Waals surface area contributed by atoms with Crippen LogP contribution in [0.25, 0.3) is 0 Å². The van der Waals surface area contributed by atoms with Crippen molar-refractivity contribution in [2.45, 2.75) is 66.2 Å². The van der Waals surface area contributed by atoms with Gasteiger partial charge < -0.3 is 10.2 Å². The molecule has 0 aromatic carbocycles.